The quantitative estimate of drug-likeness (QED) is 0.627. The van der Waals surface area contributed by atoms with Gasteiger partial charge in [-0.05, 0) is 6.07 Å². The van der Waals surface area contributed by atoms with Crippen LogP contribution in [0.1, 0.15) is 0 Å². The molecule has 110 valence electrons. The van der Waals surface area contributed by atoms with Crippen LogP contribution in [0.15, 0.2) is 24.3 Å². The van der Waals surface area contributed by atoms with Gasteiger partial charge in [0.15, 0.2) is 17.2 Å². The Morgan fingerprint density at radius 3 is 2.14 bits per heavy atom. The third-order valence-corrected chi connectivity index (χ3v) is 3.89. The van der Waals surface area contributed by atoms with Crippen molar-refractivity contribution in [2.75, 3.05) is 18.9 Å². The number of benzene rings is 2. The molecule has 1 aliphatic heterocycles. The largest absolute Gasteiger partial charge is 0.486 e. The van der Waals surface area contributed by atoms with E-state index >= 15 is 0 Å². The fourth-order valence-corrected chi connectivity index (χ4v) is 2.45. The molecule has 2 aromatic carbocycles. The van der Waals surface area contributed by atoms with Crippen LogP contribution in [-0.4, -0.2) is 13.2 Å². The molecule has 2 N–H and O–H groups in total. The number of hydrogen-bond acceptors (Lipinski definition) is 4. The van der Waals surface area contributed by atoms with E-state index in [2.05, 4.69) is 0 Å². The monoisotopic (exact) mass is 345 g/mol. The lowest BCUT2D eigenvalue weighted by molar-refractivity contribution is 0.171. The van der Waals surface area contributed by atoms with E-state index in [-0.39, 0.29) is 0 Å². The molecule has 4 nitrogen and oxygen atoms in total. The Morgan fingerprint density at radius 1 is 0.810 bits per heavy atom. The van der Waals surface area contributed by atoms with E-state index in [4.69, 9.17) is 54.7 Å². The lowest BCUT2D eigenvalue weighted by atomic mass is 10.2. The first-order chi connectivity index (χ1) is 10.0. The van der Waals surface area contributed by atoms with Gasteiger partial charge >= 0.3 is 0 Å². The highest BCUT2D eigenvalue weighted by Gasteiger charge is 2.17. The van der Waals surface area contributed by atoms with Crippen molar-refractivity contribution in [1.29, 1.82) is 0 Å². The van der Waals surface area contributed by atoms with Crippen molar-refractivity contribution in [1.82, 2.24) is 0 Å². The maximum absolute atomic E-state index is 6.08. The molecule has 0 bridgehead atoms. The molecule has 0 spiro atoms. The number of hydrogen-bond donors (Lipinski definition) is 1. The van der Waals surface area contributed by atoms with Crippen molar-refractivity contribution in [2.45, 2.75) is 0 Å². The first kappa shape index (κ1) is 14.4. The standard InChI is InChI=1S/C14H10Cl3NO3/c15-7-3-9(17)11(4-8(7)16)21-12-6-14-13(5-10(12)18)19-1-2-20-14/h3-6H,1-2,18H2. The number of rotatable bonds is 2. The van der Waals surface area contributed by atoms with Gasteiger partial charge in [0.25, 0.3) is 0 Å². The van der Waals surface area contributed by atoms with E-state index < -0.39 is 0 Å². The van der Waals surface area contributed by atoms with Gasteiger partial charge in [0, 0.05) is 18.2 Å². The predicted octanol–water partition coefficient (Wildman–Crippen LogP) is 4.79. The third kappa shape index (κ3) is 2.93. The summed E-state index contributed by atoms with van der Waals surface area (Å²) in [5, 5.41) is 1.02. The maximum atomic E-state index is 6.08. The summed E-state index contributed by atoms with van der Waals surface area (Å²) < 4.78 is 16.6. The van der Waals surface area contributed by atoms with Gasteiger partial charge in [-0.3, -0.25) is 0 Å². The second-order valence-electron chi connectivity index (χ2n) is 4.33. The van der Waals surface area contributed by atoms with Crippen molar-refractivity contribution in [2.24, 2.45) is 0 Å². The molecular weight excluding hydrogens is 337 g/mol. The average Bonchev–Trinajstić information content (AvgIpc) is 2.45. The van der Waals surface area contributed by atoms with E-state index in [1.165, 1.54) is 12.1 Å². The summed E-state index contributed by atoms with van der Waals surface area (Å²) in [5.41, 5.74) is 6.35. The minimum absolute atomic E-state index is 0.332. The van der Waals surface area contributed by atoms with E-state index in [0.29, 0.717) is 57.0 Å². The summed E-state index contributed by atoms with van der Waals surface area (Å²) in [4.78, 5) is 0. The summed E-state index contributed by atoms with van der Waals surface area (Å²) in [6, 6.07) is 6.34. The van der Waals surface area contributed by atoms with Crippen LogP contribution in [0.4, 0.5) is 5.69 Å². The second kappa shape index (κ2) is 5.72. The summed E-state index contributed by atoms with van der Waals surface area (Å²) in [6.45, 7) is 0.967. The average molecular weight is 347 g/mol. The Bertz CT molecular complexity index is 706. The molecule has 0 aliphatic carbocycles. The van der Waals surface area contributed by atoms with E-state index in [1.807, 2.05) is 0 Å². The topological polar surface area (TPSA) is 53.7 Å². The Labute approximate surface area is 136 Å². The maximum Gasteiger partial charge on any atom is 0.165 e. The SMILES string of the molecule is Nc1cc2c(cc1Oc1cc(Cl)c(Cl)cc1Cl)OCCO2. The molecule has 7 heteroatoms. The third-order valence-electron chi connectivity index (χ3n) is 2.87. The van der Waals surface area contributed by atoms with Crippen LogP contribution in [0.3, 0.4) is 0 Å². The lowest BCUT2D eigenvalue weighted by Crippen LogP contribution is -2.15. The molecule has 2 aromatic rings. The van der Waals surface area contributed by atoms with Crippen LogP contribution < -0.4 is 19.9 Å². The molecule has 1 heterocycles. The number of halogens is 3. The Balaban J connectivity index is 1.96. The van der Waals surface area contributed by atoms with Crippen molar-refractivity contribution < 1.29 is 14.2 Å². The van der Waals surface area contributed by atoms with Gasteiger partial charge in [0.05, 0.1) is 20.8 Å². The number of nitrogen functional groups attached to an aromatic ring is 1. The molecule has 3 rings (SSSR count). The van der Waals surface area contributed by atoms with E-state index in [1.54, 1.807) is 12.1 Å². The molecule has 0 unspecified atom stereocenters. The zero-order chi connectivity index (χ0) is 15.0. The summed E-state index contributed by atoms with van der Waals surface area (Å²) in [7, 11) is 0. The molecule has 0 fully saturated rings. The van der Waals surface area contributed by atoms with Gasteiger partial charge < -0.3 is 19.9 Å². The van der Waals surface area contributed by atoms with Gasteiger partial charge in [0.1, 0.15) is 19.0 Å². The number of ether oxygens (including phenoxy) is 3. The normalized spacial score (nSPS) is 13.1. The minimum atomic E-state index is 0.332. The minimum Gasteiger partial charge on any atom is -0.486 e. The number of anilines is 1. The van der Waals surface area contributed by atoms with Crippen LogP contribution in [-0.2, 0) is 0 Å². The highest BCUT2D eigenvalue weighted by molar-refractivity contribution is 6.43. The van der Waals surface area contributed by atoms with Gasteiger partial charge in [-0.25, -0.2) is 0 Å². The molecule has 0 aromatic heterocycles. The van der Waals surface area contributed by atoms with Crippen LogP contribution in [0.2, 0.25) is 15.1 Å². The van der Waals surface area contributed by atoms with Crippen molar-refractivity contribution in [3.05, 3.63) is 39.3 Å². The zero-order valence-corrected chi connectivity index (χ0v) is 12.9. The van der Waals surface area contributed by atoms with Crippen molar-refractivity contribution in [3.8, 4) is 23.0 Å². The Kier molecular flexibility index (Phi) is 3.93. The molecule has 0 saturated carbocycles. The highest BCUT2D eigenvalue weighted by atomic mass is 35.5. The van der Waals surface area contributed by atoms with Gasteiger partial charge in [-0.2, -0.15) is 0 Å². The van der Waals surface area contributed by atoms with Crippen LogP contribution >= 0.6 is 34.8 Å². The molecule has 21 heavy (non-hydrogen) atoms. The molecule has 1 aliphatic rings. The summed E-state index contributed by atoms with van der Waals surface area (Å²) >= 11 is 17.9. The predicted molar refractivity (Wildman–Crippen MR) is 83.4 cm³/mol. The van der Waals surface area contributed by atoms with Gasteiger partial charge in [-0.15, -0.1) is 0 Å². The molecular formula is C14H10Cl3NO3. The number of nitrogens with two attached hydrogens (primary N) is 1. The smallest absolute Gasteiger partial charge is 0.165 e. The highest BCUT2D eigenvalue weighted by Crippen LogP contribution is 2.42. The van der Waals surface area contributed by atoms with Crippen LogP contribution in [0.25, 0.3) is 0 Å². The molecule has 0 atom stereocenters. The van der Waals surface area contributed by atoms with Crippen LogP contribution in [0.5, 0.6) is 23.0 Å². The van der Waals surface area contributed by atoms with E-state index in [9.17, 15) is 0 Å². The summed E-state index contributed by atoms with van der Waals surface area (Å²) in [6.07, 6.45) is 0. The molecule has 0 saturated heterocycles. The van der Waals surface area contributed by atoms with E-state index in [0.717, 1.165) is 0 Å². The first-order valence-corrected chi connectivity index (χ1v) is 7.19. The van der Waals surface area contributed by atoms with Crippen molar-refractivity contribution >= 4 is 40.5 Å². The Hall–Kier alpha value is -1.49. The summed E-state index contributed by atoms with van der Waals surface area (Å²) in [5.74, 6) is 1.92. The fourth-order valence-electron chi connectivity index (χ4n) is 1.88. The fraction of sp³-hybridized carbons (Fsp3) is 0.143. The second-order valence-corrected chi connectivity index (χ2v) is 5.55. The van der Waals surface area contributed by atoms with Crippen LogP contribution in [0, 0.1) is 0 Å². The van der Waals surface area contributed by atoms with Crippen molar-refractivity contribution in [3.63, 3.8) is 0 Å². The zero-order valence-electron chi connectivity index (χ0n) is 10.7. The molecule has 0 amide bonds. The van der Waals surface area contributed by atoms with Gasteiger partial charge in [0.2, 0.25) is 0 Å². The molecule has 0 radical (unpaired) electrons. The lowest BCUT2D eigenvalue weighted by Gasteiger charge is -2.20. The number of fused-ring (bicyclic) bond motifs is 1. The van der Waals surface area contributed by atoms with Gasteiger partial charge in [-0.1, -0.05) is 34.8 Å². The Morgan fingerprint density at radius 2 is 1.43 bits per heavy atom. The first-order valence-electron chi connectivity index (χ1n) is 6.06.